The van der Waals surface area contributed by atoms with Crippen LogP contribution in [0.1, 0.15) is 16.7 Å². The number of nitrogen functional groups attached to an aromatic ring is 1. The Morgan fingerprint density at radius 3 is 2.57 bits per heavy atom. The number of fused-ring (bicyclic) bond motifs is 1. The van der Waals surface area contributed by atoms with Gasteiger partial charge in [-0.3, -0.25) is 4.31 Å². The Morgan fingerprint density at radius 1 is 1.10 bits per heavy atom. The van der Waals surface area contributed by atoms with Crippen molar-refractivity contribution in [1.29, 1.82) is 0 Å². The van der Waals surface area contributed by atoms with Gasteiger partial charge in [-0.25, -0.2) is 8.42 Å². The molecule has 0 aliphatic carbocycles. The lowest BCUT2D eigenvalue weighted by molar-refractivity contribution is 0.591. The predicted molar refractivity (Wildman–Crippen MR) is 85.0 cm³/mol. The summed E-state index contributed by atoms with van der Waals surface area (Å²) in [6.45, 7) is 4.26. The standard InChI is InChI=1S/C16H18N2O2S/c1-11-3-6-16(12(2)9-11)21(19,20)18-8-7-13-10-14(17)4-5-15(13)18/h3-6,9-10H,7-8,17H2,1-2H3. The van der Waals surface area contributed by atoms with E-state index in [9.17, 15) is 8.42 Å². The van der Waals surface area contributed by atoms with E-state index in [1.807, 2.05) is 32.0 Å². The van der Waals surface area contributed by atoms with Gasteiger partial charge >= 0.3 is 0 Å². The monoisotopic (exact) mass is 302 g/mol. The molecule has 1 heterocycles. The highest BCUT2D eigenvalue weighted by molar-refractivity contribution is 7.93. The van der Waals surface area contributed by atoms with Crippen molar-refractivity contribution in [3.8, 4) is 0 Å². The van der Waals surface area contributed by atoms with Crippen molar-refractivity contribution in [2.45, 2.75) is 25.2 Å². The second-order valence-corrected chi connectivity index (χ2v) is 7.32. The second-order valence-electron chi connectivity index (χ2n) is 5.48. The van der Waals surface area contributed by atoms with Gasteiger partial charge in [-0.15, -0.1) is 0 Å². The van der Waals surface area contributed by atoms with Crippen LogP contribution in [0, 0.1) is 13.8 Å². The fourth-order valence-corrected chi connectivity index (χ4v) is 4.56. The van der Waals surface area contributed by atoms with Crippen molar-refractivity contribution in [2.75, 3.05) is 16.6 Å². The van der Waals surface area contributed by atoms with Gasteiger partial charge in [0.25, 0.3) is 10.0 Å². The van der Waals surface area contributed by atoms with Gasteiger partial charge in [0.15, 0.2) is 0 Å². The normalized spacial score (nSPS) is 14.3. The van der Waals surface area contributed by atoms with Gasteiger partial charge in [-0.05, 0) is 55.7 Å². The largest absolute Gasteiger partial charge is 0.399 e. The summed E-state index contributed by atoms with van der Waals surface area (Å²) in [5.41, 5.74) is 10.00. The van der Waals surface area contributed by atoms with E-state index < -0.39 is 10.0 Å². The van der Waals surface area contributed by atoms with Gasteiger partial charge in [0, 0.05) is 12.2 Å². The molecule has 5 heteroatoms. The van der Waals surface area contributed by atoms with Crippen LogP contribution < -0.4 is 10.0 Å². The van der Waals surface area contributed by atoms with Crippen molar-refractivity contribution in [2.24, 2.45) is 0 Å². The highest BCUT2D eigenvalue weighted by Crippen LogP contribution is 2.34. The number of benzene rings is 2. The Balaban J connectivity index is 2.09. The Bertz CT molecular complexity index is 813. The third-order valence-corrected chi connectivity index (χ3v) is 5.83. The number of hydrogen-bond donors (Lipinski definition) is 1. The molecule has 3 rings (SSSR count). The second kappa shape index (κ2) is 4.77. The lowest BCUT2D eigenvalue weighted by atomic mass is 10.1. The average Bonchev–Trinajstić information content (AvgIpc) is 2.81. The zero-order valence-electron chi connectivity index (χ0n) is 12.1. The highest BCUT2D eigenvalue weighted by atomic mass is 32.2. The van der Waals surface area contributed by atoms with Gasteiger partial charge in [0.05, 0.1) is 10.6 Å². The molecule has 2 aromatic carbocycles. The predicted octanol–water partition coefficient (Wildman–Crippen LogP) is 2.64. The van der Waals surface area contributed by atoms with E-state index in [1.54, 1.807) is 18.2 Å². The lowest BCUT2D eigenvalue weighted by Gasteiger charge is -2.21. The van der Waals surface area contributed by atoms with E-state index in [0.717, 1.165) is 22.4 Å². The maximum atomic E-state index is 12.9. The average molecular weight is 302 g/mol. The van der Waals surface area contributed by atoms with Gasteiger partial charge in [-0.1, -0.05) is 17.7 Å². The number of aryl methyl sites for hydroxylation is 2. The molecule has 2 N–H and O–H groups in total. The minimum Gasteiger partial charge on any atom is -0.399 e. The van der Waals surface area contributed by atoms with E-state index in [4.69, 9.17) is 5.73 Å². The molecule has 0 saturated heterocycles. The van der Waals surface area contributed by atoms with Gasteiger partial charge in [0.2, 0.25) is 0 Å². The van der Waals surface area contributed by atoms with Crippen LogP contribution in [-0.2, 0) is 16.4 Å². The number of nitrogens with two attached hydrogens (primary N) is 1. The fourth-order valence-electron chi connectivity index (χ4n) is 2.85. The van der Waals surface area contributed by atoms with Crippen molar-refractivity contribution >= 4 is 21.4 Å². The minimum atomic E-state index is -3.52. The molecule has 21 heavy (non-hydrogen) atoms. The van der Waals surface area contributed by atoms with Crippen LogP contribution >= 0.6 is 0 Å². The fraction of sp³-hybridized carbons (Fsp3) is 0.250. The maximum absolute atomic E-state index is 12.9. The Labute approximate surface area is 125 Å². The summed E-state index contributed by atoms with van der Waals surface area (Å²) >= 11 is 0. The van der Waals surface area contributed by atoms with Crippen molar-refractivity contribution in [1.82, 2.24) is 0 Å². The van der Waals surface area contributed by atoms with Crippen LogP contribution in [-0.4, -0.2) is 15.0 Å². The first-order chi connectivity index (χ1) is 9.89. The molecule has 0 fully saturated rings. The molecular formula is C16H18N2O2S. The zero-order valence-corrected chi connectivity index (χ0v) is 12.9. The molecule has 110 valence electrons. The molecule has 0 unspecified atom stereocenters. The van der Waals surface area contributed by atoms with E-state index in [0.29, 0.717) is 23.5 Å². The number of sulfonamides is 1. The third-order valence-electron chi connectivity index (χ3n) is 3.85. The molecule has 0 aromatic heterocycles. The van der Waals surface area contributed by atoms with Crippen LogP contribution in [0.25, 0.3) is 0 Å². The van der Waals surface area contributed by atoms with E-state index in [-0.39, 0.29) is 0 Å². The molecule has 0 bridgehead atoms. The molecule has 0 spiro atoms. The molecular weight excluding hydrogens is 284 g/mol. The summed E-state index contributed by atoms with van der Waals surface area (Å²) in [5.74, 6) is 0. The van der Waals surface area contributed by atoms with Crippen LogP contribution in [0.3, 0.4) is 0 Å². The summed E-state index contributed by atoms with van der Waals surface area (Å²) in [4.78, 5) is 0.373. The van der Waals surface area contributed by atoms with Crippen LogP contribution in [0.4, 0.5) is 11.4 Å². The van der Waals surface area contributed by atoms with Crippen LogP contribution in [0.15, 0.2) is 41.3 Å². The summed E-state index contributed by atoms with van der Waals surface area (Å²) in [6, 6.07) is 10.8. The van der Waals surface area contributed by atoms with Crippen LogP contribution in [0.2, 0.25) is 0 Å². The maximum Gasteiger partial charge on any atom is 0.264 e. The summed E-state index contributed by atoms with van der Waals surface area (Å²) < 4.78 is 27.3. The topological polar surface area (TPSA) is 63.4 Å². The number of anilines is 2. The minimum absolute atomic E-state index is 0.373. The van der Waals surface area contributed by atoms with E-state index in [1.165, 1.54) is 4.31 Å². The SMILES string of the molecule is Cc1ccc(S(=O)(=O)N2CCc3cc(N)ccc32)c(C)c1. The number of hydrogen-bond acceptors (Lipinski definition) is 3. The summed E-state index contributed by atoms with van der Waals surface area (Å²) in [5, 5.41) is 0. The number of nitrogens with zero attached hydrogens (tertiary/aromatic N) is 1. The Kier molecular flexibility index (Phi) is 3.17. The first kappa shape index (κ1) is 13.9. The highest BCUT2D eigenvalue weighted by Gasteiger charge is 2.31. The molecule has 1 aliphatic rings. The van der Waals surface area contributed by atoms with Crippen molar-refractivity contribution in [3.05, 3.63) is 53.1 Å². The van der Waals surface area contributed by atoms with E-state index >= 15 is 0 Å². The molecule has 0 radical (unpaired) electrons. The molecule has 1 aliphatic heterocycles. The zero-order chi connectivity index (χ0) is 15.2. The lowest BCUT2D eigenvalue weighted by Crippen LogP contribution is -2.29. The first-order valence-corrected chi connectivity index (χ1v) is 8.32. The first-order valence-electron chi connectivity index (χ1n) is 6.88. The quantitative estimate of drug-likeness (QED) is 0.867. The van der Waals surface area contributed by atoms with Crippen molar-refractivity contribution < 1.29 is 8.42 Å². The van der Waals surface area contributed by atoms with Crippen molar-refractivity contribution in [3.63, 3.8) is 0 Å². The Morgan fingerprint density at radius 2 is 1.86 bits per heavy atom. The molecule has 0 amide bonds. The molecule has 4 nitrogen and oxygen atoms in total. The third kappa shape index (κ3) is 2.27. The smallest absolute Gasteiger partial charge is 0.264 e. The van der Waals surface area contributed by atoms with Crippen LogP contribution in [0.5, 0.6) is 0 Å². The number of rotatable bonds is 2. The molecule has 0 saturated carbocycles. The van der Waals surface area contributed by atoms with Gasteiger partial charge in [0.1, 0.15) is 0 Å². The van der Waals surface area contributed by atoms with Gasteiger partial charge in [-0.2, -0.15) is 0 Å². The molecule has 0 atom stereocenters. The van der Waals surface area contributed by atoms with E-state index in [2.05, 4.69) is 0 Å². The summed E-state index contributed by atoms with van der Waals surface area (Å²) in [6.07, 6.45) is 0.699. The van der Waals surface area contributed by atoms with Gasteiger partial charge < -0.3 is 5.73 Å². The Hall–Kier alpha value is -2.01. The molecule has 2 aromatic rings. The summed E-state index contributed by atoms with van der Waals surface area (Å²) in [7, 11) is -3.52.